The number of para-hydroxylation sites is 1. The fraction of sp³-hybridized carbons (Fsp3) is 0.125. The lowest BCUT2D eigenvalue weighted by Crippen LogP contribution is -2.09. The molecule has 0 fully saturated rings. The van der Waals surface area contributed by atoms with Crippen molar-refractivity contribution in [2.45, 2.75) is 6.32 Å². The molecule has 0 saturated carbocycles. The Morgan fingerprint density at radius 1 is 1.36 bits per heavy atom. The van der Waals surface area contributed by atoms with Crippen LogP contribution in [-0.4, -0.2) is 13.8 Å². The zero-order valence-electron chi connectivity index (χ0n) is 6.50. The summed E-state index contributed by atoms with van der Waals surface area (Å²) in [5.74, 6) is 0.0520. The van der Waals surface area contributed by atoms with Crippen molar-refractivity contribution in [3.05, 3.63) is 30.3 Å². The highest BCUT2D eigenvalue weighted by Crippen LogP contribution is 2.04. The van der Waals surface area contributed by atoms with Crippen LogP contribution in [0.1, 0.15) is 0 Å². The number of benzene rings is 1. The Morgan fingerprint density at radius 3 is 2.55 bits per heavy atom. The van der Waals surface area contributed by atoms with Gasteiger partial charge in [0.25, 0.3) is 0 Å². The number of hydrogen-bond acceptors (Lipinski definition) is 1. The number of rotatable bonds is 2. The van der Waals surface area contributed by atoms with Crippen LogP contribution in [0, 0.1) is 0 Å². The summed E-state index contributed by atoms with van der Waals surface area (Å²) in [6.07, 6.45) is 0.523. The average molecular weight is 147 g/mol. The molecule has 0 aliphatic carbocycles. The maximum atomic E-state index is 10.9. The minimum Gasteiger partial charge on any atom is -0.327 e. The summed E-state index contributed by atoms with van der Waals surface area (Å²) in [5, 5.41) is 2.75. The number of hydrogen-bond donors (Lipinski definition) is 1. The predicted octanol–water partition coefficient (Wildman–Crippen LogP) is 0.677. The van der Waals surface area contributed by atoms with E-state index in [0.29, 0.717) is 6.32 Å². The molecule has 1 amide bonds. The third kappa shape index (κ3) is 2.46. The van der Waals surface area contributed by atoms with Gasteiger partial charge in [-0.3, -0.25) is 4.79 Å². The van der Waals surface area contributed by atoms with E-state index in [-0.39, 0.29) is 5.91 Å². The lowest BCUT2D eigenvalue weighted by Gasteiger charge is -2.00. The third-order valence-corrected chi connectivity index (χ3v) is 1.38. The second kappa shape index (κ2) is 3.81. The molecule has 0 aliphatic heterocycles. The summed E-state index contributed by atoms with van der Waals surface area (Å²) < 4.78 is 0. The summed E-state index contributed by atoms with van der Waals surface area (Å²) in [6, 6.07) is 9.44. The molecule has 3 heteroatoms. The Kier molecular flexibility index (Phi) is 2.72. The summed E-state index contributed by atoms with van der Waals surface area (Å²) in [4.78, 5) is 10.9. The molecule has 1 rings (SSSR count). The van der Waals surface area contributed by atoms with Gasteiger partial charge in [-0.25, -0.2) is 0 Å². The maximum absolute atomic E-state index is 10.9. The molecule has 1 aromatic carbocycles. The lowest BCUT2D eigenvalue weighted by molar-refractivity contribution is -0.114. The van der Waals surface area contributed by atoms with Gasteiger partial charge in [-0.15, -0.1) is 0 Å². The highest BCUT2D eigenvalue weighted by Gasteiger charge is 1.95. The molecule has 1 aromatic rings. The van der Waals surface area contributed by atoms with Crippen molar-refractivity contribution in [2.24, 2.45) is 0 Å². The van der Waals surface area contributed by atoms with Crippen LogP contribution in [0.2, 0.25) is 6.32 Å². The van der Waals surface area contributed by atoms with Crippen LogP contribution in [0.25, 0.3) is 0 Å². The molecule has 0 aromatic heterocycles. The van der Waals surface area contributed by atoms with Gasteiger partial charge < -0.3 is 5.32 Å². The van der Waals surface area contributed by atoms with E-state index in [2.05, 4.69) is 5.32 Å². The van der Waals surface area contributed by atoms with E-state index in [1.165, 1.54) is 0 Å². The topological polar surface area (TPSA) is 29.1 Å². The number of carbonyl (C=O) groups is 1. The van der Waals surface area contributed by atoms with E-state index in [4.69, 9.17) is 0 Å². The van der Waals surface area contributed by atoms with Gasteiger partial charge in [-0.05, 0) is 18.5 Å². The molecule has 0 bridgehead atoms. The van der Waals surface area contributed by atoms with Crippen molar-refractivity contribution < 1.29 is 4.79 Å². The monoisotopic (exact) mass is 147 g/mol. The van der Waals surface area contributed by atoms with Crippen molar-refractivity contribution in [1.82, 2.24) is 0 Å². The van der Waals surface area contributed by atoms with E-state index in [0.717, 1.165) is 5.69 Å². The number of amides is 1. The molecule has 1 N–H and O–H groups in total. The number of nitrogens with one attached hydrogen (secondary N) is 1. The third-order valence-electron chi connectivity index (χ3n) is 1.38. The molecular formula is C8H10BNO. The van der Waals surface area contributed by atoms with E-state index in [1.807, 2.05) is 38.2 Å². The molecule has 0 heterocycles. The normalized spacial score (nSPS) is 9.09. The molecular weight excluding hydrogens is 137 g/mol. The fourth-order valence-electron chi connectivity index (χ4n) is 0.771. The summed E-state index contributed by atoms with van der Waals surface area (Å²) in [6.45, 7) is 0. The quantitative estimate of drug-likeness (QED) is 0.612. The summed E-state index contributed by atoms with van der Waals surface area (Å²) in [7, 11) is 1.83. The highest BCUT2D eigenvalue weighted by atomic mass is 16.1. The smallest absolute Gasteiger partial charge is 0.216 e. The Balaban J connectivity index is 2.58. The van der Waals surface area contributed by atoms with E-state index in [9.17, 15) is 4.79 Å². The zero-order chi connectivity index (χ0) is 8.10. The Bertz CT molecular complexity index is 235. The molecule has 2 nitrogen and oxygen atoms in total. The zero-order valence-corrected chi connectivity index (χ0v) is 6.50. The first-order valence-electron chi connectivity index (χ1n) is 3.68. The highest BCUT2D eigenvalue weighted by molar-refractivity contribution is 6.22. The Labute approximate surface area is 67.0 Å². The van der Waals surface area contributed by atoms with Crippen molar-refractivity contribution >= 4 is 19.4 Å². The predicted molar refractivity (Wildman–Crippen MR) is 48.4 cm³/mol. The SMILES string of the molecule is BCC(=O)Nc1ccccc1. The van der Waals surface area contributed by atoms with Crippen molar-refractivity contribution in [3.8, 4) is 0 Å². The first-order chi connectivity index (χ1) is 5.33. The molecule has 11 heavy (non-hydrogen) atoms. The first kappa shape index (κ1) is 7.86. The van der Waals surface area contributed by atoms with Crippen molar-refractivity contribution in [1.29, 1.82) is 0 Å². The van der Waals surface area contributed by atoms with Crippen LogP contribution in [-0.2, 0) is 4.79 Å². The summed E-state index contributed by atoms with van der Waals surface area (Å²) in [5.41, 5.74) is 0.861. The van der Waals surface area contributed by atoms with Gasteiger partial charge in [0, 0.05) is 5.69 Å². The Morgan fingerprint density at radius 2 is 2.00 bits per heavy atom. The van der Waals surface area contributed by atoms with Crippen LogP contribution >= 0.6 is 0 Å². The summed E-state index contributed by atoms with van der Waals surface area (Å²) >= 11 is 0. The van der Waals surface area contributed by atoms with Gasteiger partial charge in [0.1, 0.15) is 7.85 Å². The number of anilines is 1. The van der Waals surface area contributed by atoms with Crippen LogP contribution in [0.4, 0.5) is 5.69 Å². The van der Waals surface area contributed by atoms with E-state index >= 15 is 0 Å². The van der Waals surface area contributed by atoms with Crippen LogP contribution < -0.4 is 5.32 Å². The Hall–Kier alpha value is -1.25. The fourth-order valence-corrected chi connectivity index (χ4v) is 0.771. The van der Waals surface area contributed by atoms with Gasteiger partial charge >= 0.3 is 0 Å². The largest absolute Gasteiger partial charge is 0.327 e. The minimum absolute atomic E-state index is 0.0520. The second-order valence-electron chi connectivity index (χ2n) is 2.27. The van der Waals surface area contributed by atoms with Crippen molar-refractivity contribution in [3.63, 3.8) is 0 Å². The molecule has 0 atom stereocenters. The molecule has 0 radical (unpaired) electrons. The maximum Gasteiger partial charge on any atom is 0.216 e. The van der Waals surface area contributed by atoms with Crippen LogP contribution in [0.5, 0.6) is 0 Å². The van der Waals surface area contributed by atoms with E-state index < -0.39 is 0 Å². The van der Waals surface area contributed by atoms with Gasteiger partial charge in [0.15, 0.2) is 0 Å². The standard InChI is InChI=1S/C8H10BNO/c9-6-8(11)10-7-4-2-1-3-5-7/h1-5H,6,9H2,(H,10,11). The first-order valence-corrected chi connectivity index (χ1v) is 3.68. The molecule has 0 saturated heterocycles. The molecule has 0 unspecified atom stereocenters. The van der Waals surface area contributed by atoms with Gasteiger partial charge in [0.2, 0.25) is 5.91 Å². The van der Waals surface area contributed by atoms with Gasteiger partial charge in [-0.2, -0.15) is 0 Å². The minimum atomic E-state index is 0.0520. The molecule has 0 spiro atoms. The van der Waals surface area contributed by atoms with Gasteiger partial charge in [0.05, 0.1) is 0 Å². The number of carbonyl (C=O) groups excluding carboxylic acids is 1. The average Bonchev–Trinajstić information content (AvgIpc) is 2.06. The molecule has 56 valence electrons. The van der Waals surface area contributed by atoms with Gasteiger partial charge in [-0.1, -0.05) is 18.2 Å². The molecule has 0 aliphatic rings. The lowest BCUT2D eigenvalue weighted by atomic mass is 10.1. The van der Waals surface area contributed by atoms with Crippen LogP contribution in [0.3, 0.4) is 0 Å². The van der Waals surface area contributed by atoms with Crippen LogP contribution in [0.15, 0.2) is 30.3 Å². The van der Waals surface area contributed by atoms with E-state index in [1.54, 1.807) is 0 Å². The van der Waals surface area contributed by atoms with Crippen molar-refractivity contribution in [2.75, 3.05) is 5.32 Å². The second-order valence-corrected chi connectivity index (χ2v) is 2.27.